The molecule has 166 valence electrons. The number of likely N-dealkylation sites (tertiary alicyclic amines) is 1. The molecular weight excluding hydrogens is 532 g/mol. The summed E-state index contributed by atoms with van der Waals surface area (Å²) in [5.74, 6) is -1.75. The Morgan fingerprint density at radius 2 is 1.58 bits per heavy atom. The van der Waals surface area contributed by atoms with Crippen LogP contribution in [0.25, 0.3) is 0 Å². The highest BCUT2D eigenvalue weighted by atomic mass is 79.9. The zero-order valence-corrected chi connectivity index (χ0v) is 20.4. The van der Waals surface area contributed by atoms with Crippen LogP contribution < -0.4 is 5.32 Å². The Balaban J connectivity index is 1.26. The minimum absolute atomic E-state index is 0.0124. The second kappa shape index (κ2) is 8.65. The lowest BCUT2D eigenvalue weighted by molar-refractivity contribution is -0.149. The summed E-state index contributed by atoms with van der Waals surface area (Å²) < 4.78 is 5.03. The number of anilines is 1. The SMILES string of the molecule is Cc1cc(C)cc(NC(=O)COC(=O)CCN2C(=O)[C@@H]3[C@H]4C[C@@H]([C@H](Br)[C@H]4Br)[C@H]3C2=O)c1. The molecule has 6 atom stereocenters. The molecule has 2 saturated carbocycles. The summed E-state index contributed by atoms with van der Waals surface area (Å²) in [5.41, 5.74) is 2.67. The van der Waals surface area contributed by atoms with Crippen LogP contribution in [0.2, 0.25) is 0 Å². The number of ether oxygens (including phenoxy) is 1. The molecule has 1 aliphatic heterocycles. The van der Waals surface area contributed by atoms with Crippen molar-refractivity contribution in [1.82, 2.24) is 4.90 Å². The predicted molar refractivity (Wildman–Crippen MR) is 121 cm³/mol. The maximum absolute atomic E-state index is 12.8. The molecular formula is C22H24Br2N2O5. The molecule has 0 unspecified atom stereocenters. The smallest absolute Gasteiger partial charge is 0.308 e. The van der Waals surface area contributed by atoms with E-state index in [2.05, 4.69) is 37.2 Å². The van der Waals surface area contributed by atoms with Crippen molar-refractivity contribution in [2.24, 2.45) is 23.7 Å². The average Bonchev–Trinajstić information content (AvgIpc) is 3.29. The molecule has 1 N–H and O–H groups in total. The monoisotopic (exact) mass is 554 g/mol. The topological polar surface area (TPSA) is 92.8 Å². The van der Waals surface area contributed by atoms with Gasteiger partial charge in [0.25, 0.3) is 5.91 Å². The Bertz CT molecular complexity index is 900. The number of alkyl halides is 2. The molecule has 7 nitrogen and oxygen atoms in total. The van der Waals surface area contributed by atoms with E-state index in [4.69, 9.17) is 4.74 Å². The first-order valence-electron chi connectivity index (χ1n) is 10.3. The lowest BCUT2D eigenvalue weighted by atomic mass is 9.81. The molecule has 3 amide bonds. The van der Waals surface area contributed by atoms with Crippen molar-refractivity contribution in [3.63, 3.8) is 0 Å². The number of hydrogen-bond donors (Lipinski definition) is 1. The van der Waals surface area contributed by atoms with Gasteiger partial charge in [0, 0.05) is 21.9 Å². The fraction of sp³-hybridized carbons (Fsp3) is 0.545. The number of amides is 3. The van der Waals surface area contributed by atoms with Crippen molar-refractivity contribution in [3.05, 3.63) is 29.3 Å². The number of imide groups is 1. The summed E-state index contributed by atoms with van der Waals surface area (Å²) in [6, 6.07) is 5.65. The minimum atomic E-state index is -0.618. The van der Waals surface area contributed by atoms with E-state index in [1.54, 1.807) is 0 Å². The standard InChI is InChI=1S/C22H24Br2N2O5/c1-10-5-11(2)7-12(6-10)25-15(27)9-31-16(28)3-4-26-21(29)17-13-8-14(18(17)22(26)30)20(24)19(13)23/h5-7,13-14,17-20H,3-4,8-9H2,1-2H3,(H,25,27)/t13-,14-,17-,18-,19+,20+/m1/s1. The third-order valence-electron chi connectivity index (χ3n) is 6.49. The van der Waals surface area contributed by atoms with E-state index in [1.165, 1.54) is 4.90 Å². The summed E-state index contributed by atoms with van der Waals surface area (Å²) in [6.45, 7) is 3.43. The second-order valence-corrected chi connectivity index (χ2v) is 10.8. The van der Waals surface area contributed by atoms with Crippen LogP contribution in [0.4, 0.5) is 5.69 Å². The first kappa shape index (κ1) is 22.5. The zero-order chi connectivity index (χ0) is 22.4. The Morgan fingerprint density at radius 3 is 2.13 bits per heavy atom. The molecule has 3 fully saturated rings. The number of benzene rings is 1. The molecule has 3 aliphatic rings. The zero-order valence-electron chi connectivity index (χ0n) is 17.3. The number of nitrogens with one attached hydrogen (secondary N) is 1. The number of rotatable bonds is 6. The summed E-state index contributed by atoms with van der Waals surface area (Å²) >= 11 is 7.30. The number of carbonyl (C=O) groups excluding carboxylic acids is 4. The molecule has 9 heteroatoms. The van der Waals surface area contributed by atoms with Crippen molar-refractivity contribution >= 4 is 61.2 Å². The van der Waals surface area contributed by atoms with Gasteiger partial charge >= 0.3 is 5.97 Å². The molecule has 0 spiro atoms. The number of aryl methyl sites for hydroxylation is 2. The van der Waals surface area contributed by atoms with Crippen LogP contribution in [0.15, 0.2) is 18.2 Å². The largest absolute Gasteiger partial charge is 0.456 e. The van der Waals surface area contributed by atoms with Gasteiger partial charge in [-0.2, -0.15) is 0 Å². The van der Waals surface area contributed by atoms with Gasteiger partial charge in [-0.1, -0.05) is 37.9 Å². The highest BCUT2D eigenvalue weighted by molar-refractivity contribution is 9.12. The average molecular weight is 556 g/mol. The van der Waals surface area contributed by atoms with Crippen LogP contribution in [0.5, 0.6) is 0 Å². The molecule has 31 heavy (non-hydrogen) atoms. The van der Waals surface area contributed by atoms with Crippen molar-refractivity contribution < 1.29 is 23.9 Å². The van der Waals surface area contributed by atoms with Crippen molar-refractivity contribution in [1.29, 1.82) is 0 Å². The van der Waals surface area contributed by atoms with E-state index in [9.17, 15) is 19.2 Å². The van der Waals surface area contributed by atoms with Crippen LogP contribution in [-0.4, -0.2) is 51.4 Å². The molecule has 1 heterocycles. The molecule has 1 aromatic rings. The first-order chi connectivity index (χ1) is 14.7. The van der Waals surface area contributed by atoms with Gasteiger partial charge in [-0.3, -0.25) is 24.1 Å². The maximum Gasteiger partial charge on any atom is 0.308 e. The van der Waals surface area contributed by atoms with Crippen molar-refractivity contribution in [3.8, 4) is 0 Å². The Hall–Kier alpha value is -1.74. The molecule has 2 aliphatic carbocycles. The van der Waals surface area contributed by atoms with Crippen molar-refractivity contribution in [2.75, 3.05) is 18.5 Å². The molecule has 1 saturated heterocycles. The Kier molecular flexibility index (Phi) is 6.27. The molecule has 2 bridgehead atoms. The number of nitrogens with zero attached hydrogens (tertiary/aromatic N) is 1. The molecule has 0 aromatic heterocycles. The minimum Gasteiger partial charge on any atom is -0.456 e. The van der Waals surface area contributed by atoms with Gasteiger partial charge in [-0.15, -0.1) is 0 Å². The summed E-state index contributed by atoms with van der Waals surface area (Å²) in [7, 11) is 0. The summed E-state index contributed by atoms with van der Waals surface area (Å²) in [5, 5.41) is 2.70. The molecule has 1 aromatic carbocycles. The first-order valence-corrected chi connectivity index (χ1v) is 12.2. The number of esters is 1. The highest BCUT2D eigenvalue weighted by Gasteiger charge is 2.66. The van der Waals surface area contributed by atoms with Gasteiger partial charge in [-0.05, 0) is 55.4 Å². The van der Waals surface area contributed by atoms with Crippen LogP contribution in [0, 0.1) is 37.5 Å². The second-order valence-electron chi connectivity index (χ2n) is 8.67. The molecule has 4 rings (SSSR count). The summed E-state index contributed by atoms with van der Waals surface area (Å²) in [4.78, 5) is 51.4. The van der Waals surface area contributed by atoms with Crippen LogP contribution in [-0.2, 0) is 23.9 Å². The van der Waals surface area contributed by atoms with Gasteiger partial charge < -0.3 is 10.1 Å². The quantitative estimate of drug-likeness (QED) is 0.331. The Morgan fingerprint density at radius 1 is 1.03 bits per heavy atom. The van der Waals surface area contributed by atoms with Crippen LogP contribution >= 0.6 is 31.9 Å². The van der Waals surface area contributed by atoms with E-state index in [1.807, 2.05) is 32.0 Å². The van der Waals surface area contributed by atoms with Crippen molar-refractivity contribution in [2.45, 2.75) is 36.3 Å². The van der Waals surface area contributed by atoms with Gasteiger partial charge in [0.15, 0.2) is 6.61 Å². The summed E-state index contributed by atoms with van der Waals surface area (Å²) in [6.07, 6.45) is 0.739. The van der Waals surface area contributed by atoms with Gasteiger partial charge in [0.1, 0.15) is 0 Å². The lowest BCUT2D eigenvalue weighted by Crippen LogP contribution is -2.37. The normalized spacial score (nSPS) is 31.2. The van der Waals surface area contributed by atoms with Gasteiger partial charge in [-0.25, -0.2) is 0 Å². The van der Waals surface area contributed by atoms with E-state index in [0.29, 0.717) is 5.69 Å². The fourth-order valence-corrected chi connectivity index (χ4v) is 7.17. The lowest BCUT2D eigenvalue weighted by Gasteiger charge is -2.28. The number of halogens is 2. The number of fused-ring (bicyclic) bond motifs is 5. The van der Waals surface area contributed by atoms with Crippen LogP contribution in [0.1, 0.15) is 24.0 Å². The number of carbonyl (C=O) groups is 4. The van der Waals surface area contributed by atoms with E-state index in [-0.39, 0.29) is 58.1 Å². The predicted octanol–water partition coefficient (Wildman–Crippen LogP) is 2.95. The third-order valence-corrected chi connectivity index (χ3v) is 9.69. The number of hydrogen-bond acceptors (Lipinski definition) is 5. The van der Waals surface area contributed by atoms with Gasteiger partial charge in [0.2, 0.25) is 11.8 Å². The van der Waals surface area contributed by atoms with Gasteiger partial charge in [0.05, 0.1) is 18.3 Å². The van der Waals surface area contributed by atoms with E-state index >= 15 is 0 Å². The van der Waals surface area contributed by atoms with E-state index in [0.717, 1.165) is 17.5 Å². The van der Waals surface area contributed by atoms with Crippen LogP contribution in [0.3, 0.4) is 0 Å². The maximum atomic E-state index is 12.8. The Labute approximate surface area is 197 Å². The fourth-order valence-electron chi connectivity index (χ4n) is 5.30. The third kappa shape index (κ3) is 4.18. The van der Waals surface area contributed by atoms with E-state index < -0.39 is 18.5 Å². The highest BCUT2D eigenvalue weighted by Crippen LogP contribution is 2.60. The molecule has 0 radical (unpaired) electrons.